The molecule has 140 valence electrons. The summed E-state index contributed by atoms with van der Waals surface area (Å²) >= 11 is 0. The number of hydrogen-bond acceptors (Lipinski definition) is 5. The lowest BCUT2D eigenvalue weighted by Crippen LogP contribution is -2.36. The maximum absolute atomic E-state index is 13.2. The quantitative estimate of drug-likeness (QED) is 0.866. The molecule has 11 heteroatoms. The third-order valence-electron chi connectivity index (χ3n) is 3.88. The Morgan fingerprint density at radius 2 is 2.12 bits per heavy atom. The molecule has 0 aliphatic carbocycles. The van der Waals surface area contributed by atoms with Gasteiger partial charge in [0.05, 0.1) is 18.8 Å². The van der Waals surface area contributed by atoms with Crippen LogP contribution in [0.25, 0.3) is 0 Å². The molecular weight excluding hydrogens is 353 g/mol. The minimum Gasteiger partial charge on any atom is -0.481 e. The predicted octanol–water partition coefficient (Wildman–Crippen LogP) is 2.67. The molecule has 1 aliphatic rings. The third kappa shape index (κ3) is 3.70. The van der Waals surface area contributed by atoms with Crippen LogP contribution < -0.4 is 15.4 Å². The van der Waals surface area contributed by atoms with Gasteiger partial charge in [-0.15, -0.1) is 0 Å². The molecule has 0 aromatic carbocycles. The van der Waals surface area contributed by atoms with Crippen LogP contribution >= 0.6 is 0 Å². The second-order valence-corrected chi connectivity index (χ2v) is 5.78. The van der Waals surface area contributed by atoms with Gasteiger partial charge in [0.15, 0.2) is 5.69 Å². The van der Waals surface area contributed by atoms with Crippen LogP contribution in [0.4, 0.5) is 23.7 Å². The van der Waals surface area contributed by atoms with E-state index in [1.807, 2.05) is 0 Å². The largest absolute Gasteiger partial charge is 0.481 e. The molecule has 26 heavy (non-hydrogen) atoms. The van der Waals surface area contributed by atoms with Crippen molar-refractivity contribution >= 4 is 11.7 Å². The normalized spacial score (nSPS) is 16.7. The molecule has 0 saturated heterocycles. The Morgan fingerprint density at radius 1 is 1.35 bits per heavy atom. The zero-order valence-corrected chi connectivity index (χ0v) is 14.1. The van der Waals surface area contributed by atoms with Crippen LogP contribution in [0.3, 0.4) is 0 Å². The Morgan fingerprint density at radius 3 is 2.81 bits per heavy atom. The lowest BCUT2D eigenvalue weighted by atomic mass is 10.1. The Bertz CT molecular complexity index is 820. The topological polar surface area (TPSA) is 94.0 Å². The van der Waals surface area contributed by atoms with Crippen molar-refractivity contribution in [1.29, 1.82) is 0 Å². The average molecular weight is 370 g/mol. The van der Waals surface area contributed by atoms with E-state index in [1.165, 1.54) is 13.2 Å². The summed E-state index contributed by atoms with van der Waals surface area (Å²) in [5, 5.41) is 9.07. The molecule has 3 rings (SSSR count). The minimum absolute atomic E-state index is 0.195. The van der Waals surface area contributed by atoms with Gasteiger partial charge in [-0.3, -0.25) is 0 Å². The number of ether oxygens (including phenoxy) is 1. The van der Waals surface area contributed by atoms with Gasteiger partial charge in [-0.05, 0) is 25.8 Å². The molecule has 2 N–H and O–H groups in total. The lowest BCUT2D eigenvalue weighted by molar-refractivity contribution is -0.140. The van der Waals surface area contributed by atoms with Crippen molar-refractivity contribution in [3.63, 3.8) is 0 Å². The van der Waals surface area contributed by atoms with Gasteiger partial charge in [0.2, 0.25) is 5.88 Å². The number of aromatic nitrogens is 4. The lowest BCUT2D eigenvalue weighted by Gasteiger charge is -2.23. The molecule has 2 amide bonds. The fourth-order valence-corrected chi connectivity index (χ4v) is 2.79. The number of anilines is 1. The fourth-order valence-electron chi connectivity index (χ4n) is 2.79. The van der Waals surface area contributed by atoms with Crippen LogP contribution in [0.15, 0.2) is 12.1 Å². The van der Waals surface area contributed by atoms with Gasteiger partial charge < -0.3 is 15.4 Å². The van der Waals surface area contributed by atoms with Gasteiger partial charge >= 0.3 is 12.2 Å². The highest BCUT2D eigenvalue weighted by Gasteiger charge is 2.37. The standard InChI is InChI=1S/C15H17F3N6O2/c1-8-19-13-10(4-3-7-24(13)23-8)21-14(25)20-9-5-6-11(26-2)22-12(9)15(16,17)18/h5-6,10H,3-4,7H2,1-2H3,(H2,20,21,25)/t10-/m0/s1. The summed E-state index contributed by atoms with van der Waals surface area (Å²) in [7, 11) is 1.21. The van der Waals surface area contributed by atoms with Crippen molar-refractivity contribution in [2.24, 2.45) is 0 Å². The summed E-state index contributed by atoms with van der Waals surface area (Å²) in [6, 6.07) is 1.14. The summed E-state index contributed by atoms with van der Waals surface area (Å²) in [5.41, 5.74) is -1.68. The van der Waals surface area contributed by atoms with E-state index in [-0.39, 0.29) is 5.88 Å². The Hall–Kier alpha value is -2.85. The Balaban J connectivity index is 1.77. The van der Waals surface area contributed by atoms with Gasteiger partial charge in [-0.1, -0.05) is 0 Å². The first-order valence-corrected chi connectivity index (χ1v) is 7.89. The Kier molecular flexibility index (Phi) is 4.70. The molecule has 0 fully saturated rings. The summed E-state index contributed by atoms with van der Waals surface area (Å²) in [5.74, 6) is 0.972. The first-order chi connectivity index (χ1) is 12.3. The number of nitrogens with one attached hydrogen (secondary N) is 2. The summed E-state index contributed by atoms with van der Waals surface area (Å²) in [6.45, 7) is 2.43. The van der Waals surface area contributed by atoms with E-state index in [4.69, 9.17) is 4.74 Å². The van der Waals surface area contributed by atoms with E-state index < -0.39 is 29.6 Å². The molecule has 2 aromatic rings. The van der Waals surface area contributed by atoms with Crippen molar-refractivity contribution < 1.29 is 22.7 Å². The molecule has 0 radical (unpaired) electrons. The van der Waals surface area contributed by atoms with Crippen LogP contribution in [-0.4, -0.2) is 32.9 Å². The Labute approximate surface area is 146 Å². The molecule has 1 atom stereocenters. The number of pyridine rings is 1. The first-order valence-electron chi connectivity index (χ1n) is 7.89. The van der Waals surface area contributed by atoms with E-state index in [0.29, 0.717) is 24.6 Å². The van der Waals surface area contributed by atoms with Gasteiger partial charge in [-0.25, -0.2) is 19.4 Å². The number of halogens is 3. The number of rotatable bonds is 3. The zero-order chi connectivity index (χ0) is 18.9. The highest BCUT2D eigenvalue weighted by Crippen LogP contribution is 2.34. The molecule has 0 spiro atoms. The van der Waals surface area contributed by atoms with Crippen LogP contribution in [0, 0.1) is 6.92 Å². The van der Waals surface area contributed by atoms with Gasteiger partial charge in [0.1, 0.15) is 11.6 Å². The molecule has 0 bridgehead atoms. The highest BCUT2D eigenvalue weighted by molar-refractivity contribution is 5.90. The first kappa shape index (κ1) is 18.0. The molecule has 0 saturated carbocycles. The second-order valence-electron chi connectivity index (χ2n) is 5.78. The number of alkyl halides is 3. The number of fused-ring (bicyclic) bond motifs is 1. The van der Waals surface area contributed by atoms with Crippen molar-refractivity contribution in [2.75, 3.05) is 12.4 Å². The smallest absolute Gasteiger partial charge is 0.435 e. The number of carbonyl (C=O) groups is 1. The highest BCUT2D eigenvalue weighted by atomic mass is 19.4. The monoisotopic (exact) mass is 370 g/mol. The van der Waals surface area contributed by atoms with Gasteiger partial charge in [0.25, 0.3) is 0 Å². The maximum Gasteiger partial charge on any atom is 0.435 e. The molecule has 2 aromatic heterocycles. The molecule has 1 aliphatic heterocycles. The molecular formula is C15H17F3N6O2. The van der Waals surface area contributed by atoms with E-state index in [9.17, 15) is 18.0 Å². The van der Waals surface area contributed by atoms with Crippen molar-refractivity contribution in [2.45, 2.75) is 38.5 Å². The third-order valence-corrected chi connectivity index (χ3v) is 3.88. The van der Waals surface area contributed by atoms with E-state index in [1.54, 1.807) is 11.6 Å². The van der Waals surface area contributed by atoms with Gasteiger partial charge in [0, 0.05) is 12.6 Å². The number of hydrogen-bond donors (Lipinski definition) is 2. The fraction of sp³-hybridized carbons (Fsp3) is 0.467. The van der Waals surface area contributed by atoms with Crippen LogP contribution in [-0.2, 0) is 12.7 Å². The van der Waals surface area contributed by atoms with Crippen LogP contribution in [0.2, 0.25) is 0 Å². The van der Waals surface area contributed by atoms with Crippen molar-refractivity contribution in [3.05, 3.63) is 29.5 Å². The zero-order valence-electron chi connectivity index (χ0n) is 14.1. The average Bonchev–Trinajstić information content (AvgIpc) is 2.95. The molecule has 0 unspecified atom stereocenters. The molecule has 8 nitrogen and oxygen atoms in total. The van der Waals surface area contributed by atoms with Crippen LogP contribution in [0.1, 0.15) is 36.2 Å². The van der Waals surface area contributed by atoms with Crippen molar-refractivity contribution in [3.8, 4) is 5.88 Å². The maximum atomic E-state index is 13.2. The number of methoxy groups -OCH3 is 1. The minimum atomic E-state index is -4.74. The van der Waals surface area contributed by atoms with Crippen molar-refractivity contribution in [1.82, 2.24) is 25.1 Å². The van der Waals surface area contributed by atoms with Crippen LogP contribution in [0.5, 0.6) is 5.88 Å². The summed E-state index contributed by atoms with van der Waals surface area (Å²) in [4.78, 5) is 19.9. The molecule has 3 heterocycles. The number of carbonyl (C=O) groups excluding carboxylic acids is 1. The van der Waals surface area contributed by atoms with E-state index >= 15 is 0 Å². The van der Waals surface area contributed by atoms with E-state index in [2.05, 4.69) is 25.7 Å². The summed E-state index contributed by atoms with van der Waals surface area (Å²) in [6.07, 6.45) is -3.34. The predicted molar refractivity (Wildman–Crippen MR) is 84.7 cm³/mol. The summed E-state index contributed by atoms with van der Waals surface area (Å²) < 4.78 is 45.9. The number of aryl methyl sites for hydroxylation is 2. The number of nitrogens with zero attached hydrogens (tertiary/aromatic N) is 4. The van der Waals surface area contributed by atoms with E-state index in [0.717, 1.165) is 12.5 Å². The van der Waals surface area contributed by atoms with Gasteiger partial charge in [-0.2, -0.15) is 18.3 Å². The number of urea groups is 1. The second kappa shape index (κ2) is 6.81. The SMILES string of the molecule is COc1ccc(NC(=O)N[C@H]2CCCn3nc(C)nc32)c(C(F)(F)F)n1. The number of amides is 2.